The SMILES string of the molecule is CCCCNc1nc(N)nc(N(N2CCCC2)N2CCCC2)n1. The Morgan fingerprint density at radius 2 is 1.61 bits per heavy atom. The van der Waals surface area contributed by atoms with Crippen molar-refractivity contribution < 1.29 is 0 Å². The molecule has 0 spiro atoms. The third kappa shape index (κ3) is 4.00. The predicted molar refractivity (Wildman–Crippen MR) is 91.7 cm³/mol. The molecule has 23 heavy (non-hydrogen) atoms. The second-order valence-electron chi connectivity index (χ2n) is 6.21. The number of hydrogen-bond acceptors (Lipinski definition) is 8. The van der Waals surface area contributed by atoms with Crippen LogP contribution in [0.3, 0.4) is 0 Å². The van der Waals surface area contributed by atoms with E-state index in [2.05, 4.69) is 42.3 Å². The first-order valence-corrected chi connectivity index (χ1v) is 8.83. The van der Waals surface area contributed by atoms with Crippen molar-refractivity contribution >= 4 is 17.8 Å². The number of nitrogens with one attached hydrogen (secondary N) is 1. The molecule has 3 rings (SSSR count). The molecule has 3 heterocycles. The van der Waals surface area contributed by atoms with Crippen molar-refractivity contribution in [2.24, 2.45) is 0 Å². The van der Waals surface area contributed by atoms with Gasteiger partial charge in [-0.25, -0.2) is 10.0 Å². The Hall–Kier alpha value is -1.67. The highest BCUT2D eigenvalue weighted by Gasteiger charge is 2.30. The van der Waals surface area contributed by atoms with Gasteiger partial charge in [0.1, 0.15) is 0 Å². The summed E-state index contributed by atoms with van der Waals surface area (Å²) in [5, 5.41) is 10.1. The largest absolute Gasteiger partial charge is 0.368 e. The fourth-order valence-electron chi connectivity index (χ4n) is 3.14. The third-order valence-electron chi connectivity index (χ3n) is 4.33. The summed E-state index contributed by atoms with van der Waals surface area (Å²) >= 11 is 0. The normalized spacial score (nSPS) is 19.3. The highest BCUT2D eigenvalue weighted by Crippen LogP contribution is 2.23. The molecule has 1 aromatic heterocycles. The van der Waals surface area contributed by atoms with Gasteiger partial charge < -0.3 is 11.1 Å². The monoisotopic (exact) mass is 320 g/mol. The van der Waals surface area contributed by atoms with E-state index in [0.29, 0.717) is 11.9 Å². The van der Waals surface area contributed by atoms with Crippen LogP contribution in [0.25, 0.3) is 0 Å². The molecule has 8 heteroatoms. The van der Waals surface area contributed by atoms with Gasteiger partial charge in [-0.3, -0.25) is 0 Å². The predicted octanol–water partition coefficient (Wildman–Crippen LogP) is 1.49. The van der Waals surface area contributed by atoms with Crippen molar-refractivity contribution in [3.63, 3.8) is 0 Å². The second kappa shape index (κ2) is 7.74. The number of hydrazine groups is 2. The van der Waals surface area contributed by atoms with Gasteiger partial charge in [0.2, 0.25) is 11.9 Å². The lowest BCUT2D eigenvalue weighted by molar-refractivity contribution is 0.136. The van der Waals surface area contributed by atoms with E-state index in [-0.39, 0.29) is 5.95 Å². The maximum Gasteiger partial charge on any atom is 0.262 e. The molecule has 2 fully saturated rings. The van der Waals surface area contributed by atoms with Crippen LogP contribution in [-0.2, 0) is 0 Å². The quantitative estimate of drug-likeness (QED) is 0.731. The molecule has 2 aliphatic rings. The van der Waals surface area contributed by atoms with E-state index < -0.39 is 0 Å². The van der Waals surface area contributed by atoms with Gasteiger partial charge in [-0.05, 0) is 32.1 Å². The molecule has 0 saturated carbocycles. The smallest absolute Gasteiger partial charge is 0.262 e. The van der Waals surface area contributed by atoms with Gasteiger partial charge in [0.25, 0.3) is 5.95 Å². The van der Waals surface area contributed by atoms with Gasteiger partial charge in [0.15, 0.2) is 0 Å². The minimum Gasteiger partial charge on any atom is -0.368 e. The van der Waals surface area contributed by atoms with Crippen molar-refractivity contribution in [2.75, 3.05) is 48.9 Å². The Morgan fingerprint density at radius 1 is 1.00 bits per heavy atom. The third-order valence-corrected chi connectivity index (χ3v) is 4.33. The van der Waals surface area contributed by atoms with Crippen LogP contribution < -0.4 is 16.2 Å². The van der Waals surface area contributed by atoms with Crippen LogP contribution in [0.15, 0.2) is 0 Å². The number of nitrogen functional groups attached to an aromatic ring is 1. The van der Waals surface area contributed by atoms with E-state index in [1.54, 1.807) is 0 Å². The highest BCUT2D eigenvalue weighted by molar-refractivity contribution is 5.40. The van der Waals surface area contributed by atoms with E-state index >= 15 is 0 Å². The lowest BCUT2D eigenvalue weighted by Gasteiger charge is -2.37. The fourth-order valence-corrected chi connectivity index (χ4v) is 3.14. The van der Waals surface area contributed by atoms with Gasteiger partial charge in [-0.15, -0.1) is 0 Å². The molecule has 2 saturated heterocycles. The van der Waals surface area contributed by atoms with Crippen molar-refractivity contribution in [3.8, 4) is 0 Å². The van der Waals surface area contributed by atoms with Gasteiger partial charge in [0, 0.05) is 32.7 Å². The van der Waals surface area contributed by atoms with Crippen LogP contribution in [0.5, 0.6) is 0 Å². The molecule has 0 aromatic carbocycles. The topological polar surface area (TPSA) is 86.4 Å². The molecule has 128 valence electrons. The zero-order valence-electron chi connectivity index (χ0n) is 14.0. The maximum absolute atomic E-state index is 5.93. The lowest BCUT2D eigenvalue weighted by Crippen LogP contribution is -2.52. The number of unbranched alkanes of at least 4 members (excludes halogenated alkanes) is 1. The Kier molecular flexibility index (Phi) is 5.45. The van der Waals surface area contributed by atoms with Gasteiger partial charge >= 0.3 is 0 Å². The number of nitrogens with two attached hydrogens (primary N) is 1. The van der Waals surface area contributed by atoms with Crippen molar-refractivity contribution in [3.05, 3.63) is 0 Å². The summed E-state index contributed by atoms with van der Waals surface area (Å²) in [6.07, 6.45) is 7.08. The maximum atomic E-state index is 5.93. The molecule has 0 bridgehead atoms. The molecule has 8 nitrogen and oxygen atoms in total. The number of aromatic nitrogens is 3. The molecule has 1 aromatic rings. The Balaban J connectivity index is 1.82. The summed E-state index contributed by atoms with van der Waals surface area (Å²) < 4.78 is 0. The molecule has 3 N–H and O–H groups in total. The van der Waals surface area contributed by atoms with E-state index in [1.165, 1.54) is 25.7 Å². The molecule has 0 amide bonds. The molecule has 0 aliphatic carbocycles. The fraction of sp³-hybridized carbons (Fsp3) is 0.800. The van der Waals surface area contributed by atoms with Crippen molar-refractivity contribution in [1.29, 1.82) is 0 Å². The molecule has 0 atom stereocenters. The van der Waals surface area contributed by atoms with Gasteiger partial charge in [-0.2, -0.15) is 20.1 Å². The summed E-state index contributed by atoms with van der Waals surface area (Å²) in [7, 11) is 0. The average Bonchev–Trinajstić information content (AvgIpc) is 3.21. The van der Waals surface area contributed by atoms with Crippen LogP contribution in [-0.4, -0.2) is 57.7 Å². The average molecular weight is 320 g/mol. The number of hydrogen-bond donors (Lipinski definition) is 2. The molecular formula is C15H28N8. The zero-order valence-corrected chi connectivity index (χ0v) is 14.0. The summed E-state index contributed by atoms with van der Waals surface area (Å²) in [6.45, 7) is 7.19. The second-order valence-corrected chi connectivity index (χ2v) is 6.21. The molecular weight excluding hydrogens is 292 g/mol. The van der Waals surface area contributed by atoms with Crippen molar-refractivity contribution in [2.45, 2.75) is 45.4 Å². The molecule has 0 unspecified atom stereocenters. The Bertz CT molecular complexity index is 480. The first-order valence-electron chi connectivity index (χ1n) is 8.83. The van der Waals surface area contributed by atoms with Gasteiger partial charge in [-0.1, -0.05) is 13.3 Å². The van der Waals surface area contributed by atoms with E-state index in [1.807, 2.05) is 0 Å². The summed E-state index contributed by atoms with van der Waals surface area (Å²) in [6, 6.07) is 0. The minimum absolute atomic E-state index is 0.275. The number of nitrogens with zero attached hydrogens (tertiary/aromatic N) is 6. The summed E-state index contributed by atoms with van der Waals surface area (Å²) in [5.74, 6) is 1.49. The molecule has 0 radical (unpaired) electrons. The molecule has 2 aliphatic heterocycles. The van der Waals surface area contributed by atoms with E-state index in [9.17, 15) is 0 Å². The number of rotatable bonds is 7. The Morgan fingerprint density at radius 3 is 2.17 bits per heavy atom. The first-order chi connectivity index (χ1) is 11.3. The van der Waals surface area contributed by atoms with Crippen molar-refractivity contribution in [1.82, 2.24) is 25.0 Å². The zero-order chi connectivity index (χ0) is 16.1. The highest BCUT2D eigenvalue weighted by atomic mass is 15.9. The van der Waals surface area contributed by atoms with Crippen LogP contribution >= 0.6 is 0 Å². The first kappa shape index (κ1) is 16.2. The standard InChI is InChI=1S/C15H28N8/c1-2-3-8-17-14-18-13(16)19-15(20-14)23(21-9-4-5-10-21)22-11-6-7-12-22/h2-12H2,1H3,(H3,16,17,18,19,20). The van der Waals surface area contributed by atoms with Crippen LogP contribution in [0.1, 0.15) is 45.4 Å². The number of anilines is 3. The Labute approximate surface area is 138 Å². The van der Waals surface area contributed by atoms with E-state index in [0.717, 1.165) is 45.6 Å². The van der Waals surface area contributed by atoms with Crippen LogP contribution in [0, 0.1) is 0 Å². The van der Waals surface area contributed by atoms with Crippen LogP contribution in [0.4, 0.5) is 17.8 Å². The lowest BCUT2D eigenvalue weighted by atomic mass is 10.3. The van der Waals surface area contributed by atoms with E-state index in [4.69, 9.17) is 5.73 Å². The van der Waals surface area contributed by atoms with Crippen LogP contribution in [0.2, 0.25) is 0 Å². The summed E-state index contributed by atoms with van der Waals surface area (Å²) in [5.41, 5.74) is 5.93. The summed E-state index contributed by atoms with van der Waals surface area (Å²) in [4.78, 5) is 13.3. The minimum atomic E-state index is 0.275. The van der Waals surface area contributed by atoms with Gasteiger partial charge in [0.05, 0.1) is 0 Å².